The summed E-state index contributed by atoms with van der Waals surface area (Å²) >= 11 is 7.96. The molecule has 3 heteroatoms. The van der Waals surface area contributed by atoms with Crippen molar-refractivity contribution in [3.63, 3.8) is 0 Å². The summed E-state index contributed by atoms with van der Waals surface area (Å²) in [5.41, 5.74) is 3.96. The molecular formula is C17H22ClNS. The minimum absolute atomic E-state index is 0.261. The molecule has 1 unspecified atom stereocenters. The van der Waals surface area contributed by atoms with Crippen LogP contribution >= 0.6 is 22.9 Å². The van der Waals surface area contributed by atoms with Crippen LogP contribution in [0.2, 0.25) is 5.02 Å². The minimum Gasteiger partial charge on any atom is -0.306 e. The summed E-state index contributed by atoms with van der Waals surface area (Å²) in [4.78, 5) is 2.76. The first-order valence-electron chi connectivity index (χ1n) is 7.09. The van der Waals surface area contributed by atoms with E-state index in [4.69, 9.17) is 11.6 Å². The van der Waals surface area contributed by atoms with Gasteiger partial charge < -0.3 is 5.32 Å². The zero-order chi connectivity index (χ0) is 14.7. The van der Waals surface area contributed by atoms with E-state index in [0.29, 0.717) is 0 Å². The standard InChI is InChI=1S/C17H22ClNS/c1-5-8-19-17(16-10-12(3)20-13(16)4)15-7-6-14(18)9-11(15)2/h6-7,9-10,17,19H,5,8H2,1-4H3. The Kier molecular flexibility index (Phi) is 5.25. The van der Waals surface area contributed by atoms with Gasteiger partial charge in [-0.05, 0) is 68.6 Å². The number of thiophene rings is 1. The first kappa shape index (κ1) is 15.6. The molecule has 1 aromatic heterocycles. The number of rotatable bonds is 5. The van der Waals surface area contributed by atoms with E-state index >= 15 is 0 Å². The highest BCUT2D eigenvalue weighted by Crippen LogP contribution is 2.33. The SMILES string of the molecule is CCCNC(c1ccc(Cl)cc1C)c1cc(C)sc1C. The Morgan fingerprint density at radius 3 is 2.45 bits per heavy atom. The Morgan fingerprint density at radius 2 is 1.90 bits per heavy atom. The summed E-state index contributed by atoms with van der Waals surface area (Å²) in [6.07, 6.45) is 1.13. The molecule has 0 spiro atoms. The van der Waals surface area contributed by atoms with Gasteiger partial charge >= 0.3 is 0 Å². The largest absolute Gasteiger partial charge is 0.306 e. The second-order valence-electron chi connectivity index (χ2n) is 5.26. The molecule has 0 amide bonds. The smallest absolute Gasteiger partial charge is 0.0590 e. The Balaban J connectivity index is 2.44. The fourth-order valence-corrected chi connectivity index (χ4v) is 3.77. The zero-order valence-electron chi connectivity index (χ0n) is 12.6. The van der Waals surface area contributed by atoms with E-state index in [0.717, 1.165) is 18.0 Å². The van der Waals surface area contributed by atoms with Gasteiger partial charge in [0.15, 0.2) is 0 Å². The number of nitrogens with one attached hydrogen (secondary N) is 1. The van der Waals surface area contributed by atoms with E-state index < -0.39 is 0 Å². The van der Waals surface area contributed by atoms with E-state index in [9.17, 15) is 0 Å². The highest BCUT2D eigenvalue weighted by molar-refractivity contribution is 7.12. The third-order valence-corrected chi connectivity index (χ3v) is 4.75. The third kappa shape index (κ3) is 3.43. The molecule has 1 N–H and O–H groups in total. The van der Waals surface area contributed by atoms with E-state index in [1.54, 1.807) is 0 Å². The molecule has 1 atom stereocenters. The number of halogens is 1. The van der Waals surface area contributed by atoms with Gasteiger partial charge in [-0.3, -0.25) is 0 Å². The number of aryl methyl sites for hydroxylation is 3. The Labute approximate surface area is 131 Å². The van der Waals surface area contributed by atoms with Crippen LogP contribution in [0.4, 0.5) is 0 Å². The van der Waals surface area contributed by atoms with E-state index in [-0.39, 0.29) is 6.04 Å². The summed E-state index contributed by atoms with van der Waals surface area (Å²) in [6, 6.07) is 8.75. The van der Waals surface area contributed by atoms with Gasteiger partial charge in [-0.2, -0.15) is 0 Å². The summed E-state index contributed by atoms with van der Waals surface area (Å²) in [6.45, 7) is 9.73. The van der Waals surface area contributed by atoms with E-state index in [1.807, 2.05) is 23.5 Å². The average molecular weight is 308 g/mol. The van der Waals surface area contributed by atoms with E-state index in [2.05, 4.69) is 45.1 Å². The van der Waals surface area contributed by atoms with Gasteiger partial charge in [0, 0.05) is 14.8 Å². The van der Waals surface area contributed by atoms with Gasteiger partial charge in [-0.25, -0.2) is 0 Å². The number of benzene rings is 1. The summed E-state index contributed by atoms with van der Waals surface area (Å²) in [5.74, 6) is 0. The highest BCUT2D eigenvalue weighted by atomic mass is 35.5. The van der Waals surface area contributed by atoms with Crippen LogP contribution in [0.1, 0.15) is 45.8 Å². The lowest BCUT2D eigenvalue weighted by molar-refractivity contribution is 0.595. The third-order valence-electron chi connectivity index (χ3n) is 3.53. The molecule has 108 valence electrons. The van der Waals surface area contributed by atoms with Crippen LogP contribution in [0.5, 0.6) is 0 Å². The molecule has 0 aliphatic rings. The molecule has 0 bridgehead atoms. The monoisotopic (exact) mass is 307 g/mol. The maximum Gasteiger partial charge on any atom is 0.0590 e. The fourth-order valence-electron chi connectivity index (χ4n) is 2.58. The molecule has 20 heavy (non-hydrogen) atoms. The molecule has 0 saturated carbocycles. The van der Waals surface area contributed by atoms with Gasteiger partial charge in [0.25, 0.3) is 0 Å². The van der Waals surface area contributed by atoms with Gasteiger partial charge in [0.05, 0.1) is 6.04 Å². The van der Waals surface area contributed by atoms with Gasteiger partial charge in [-0.1, -0.05) is 24.6 Å². The van der Waals surface area contributed by atoms with Crippen LogP contribution in [0, 0.1) is 20.8 Å². The van der Waals surface area contributed by atoms with Crippen molar-refractivity contribution in [2.24, 2.45) is 0 Å². The summed E-state index contributed by atoms with van der Waals surface area (Å²) in [5, 5.41) is 4.48. The fraction of sp³-hybridized carbons (Fsp3) is 0.412. The van der Waals surface area contributed by atoms with Crippen molar-refractivity contribution >= 4 is 22.9 Å². The minimum atomic E-state index is 0.261. The molecule has 0 aliphatic carbocycles. The van der Waals surface area contributed by atoms with Crippen LogP contribution < -0.4 is 5.32 Å². The summed E-state index contributed by atoms with van der Waals surface area (Å²) in [7, 11) is 0. The molecule has 2 aromatic rings. The molecule has 0 radical (unpaired) electrons. The van der Waals surface area contributed by atoms with Crippen molar-refractivity contribution in [3.05, 3.63) is 55.7 Å². The molecule has 0 fully saturated rings. The molecule has 2 rings (SSSR count). The lowest BCUT2D eigenvalue weighted by atomic mass is 9.95. The lowest BCUT2D eigenvalue weighted by Gasteiger charge is -2.21. The average Bonchev–Trinajstić information content (AvgIpc) is 2.71. The number of hydrogen-bond acceptors (Lipinski definition) is 2. The van der Waals surface area contributed by atoms with Crippen LogP contribution in [0.15, 0.2) is 24.3 Å². The normalized spacial score (nSPS) is 12.7. The molecule has 0 saturated heterocycles. The zero-order valence-corrected chi connectivity index (χ0v) is 14.2. The van der Waals surface area contributed by atoms with Crippen molar-refractivity contribution < 1.29 is 0 Å². The Hall–Kier alpha value is -0.830. The molecule has 1 aromatic carbocycles. The van der Waals surface area contributed by atoms with Crippen LogP contribution in [0.3, 0.4) is 0 Å². The van der Waals surface area contributed by atoms with E-state index in [1.165, 1.54) is 26.4 Å². The maximum absolute atomic E-state index is 6.09. The van der Waals surface area contributed by atoms with Gasteiger partial charge in [0.1, 0.15) is 0 Å². The van der Waals surface area contributed by atoms with Crippen molar-refractivity contribution in [2.45, 2.75) is 40.2 Å². The molecular weight excluding hydrogens is 286 g/mol. The van der Waals surface area contributed by atoms with Crippen LogP contribution in [0.25, 0.3) is 0 Å². The predicted molar refractivity (Wildman–Crippen MR) is 90.1 cm³/mol. The molecule has 0 aliphatic heterocycles. The summed E-state index contributed by atoms with van der Waals surface area (Å²) < 4.78 is 0. The first-order valence-corrected chi connectivity index (χ1v) is 8.28. The Bertz CT molecular complexity index is 589. The second kappa shape index (κ2) is 6.75. The number of hydrogen-bond donors (Lipinski definition) is 1. The van der Waals surface area contributed by atoms with Crippen LogP contribution in [-0.4, -0.2) is 6.54 Å². The van der Waals surface area contributed by atoms with Crippen molar-refractivity contribution in [3.8, 4) is 0 Å². The Morgan fingerprint density at radius 1 is 1.15 bits per heavy atom. The quantitative estimate of drug-likeness (QED) is 0.778. The van der Waals surface area contributed by atoms with Crippen molar-refractivity contribution in [1.82, 2.24) is 5.32 Å². The van der Waals surface area contributed by atoms with Crippen molar-refractivity contribution in [1.29, 1.82) is 0 Å². The second-order valence-corrected chi connectivity index (χ2v) is 7.15. The van der Waals surface area contributed by atoms with Gasteiger partial charge in [0.2, 0.25) is 0 Å². The van der Waals surface area contributed by atoms with Crippen LogP contribution in [-0.2, 0) is 0 Å². The molecule has 1 nitrogen and oxygen atoms in total. The highest BCUT2D eigenvalue weighted by Gasteiger charge is 2.19. The first-order chi connectivity index (χ1) is 9.52. The van der Waals surface area contributed by atoms with Gasteiger partial charge in [-0.15, -0.1) is 11.3 Å². The topological polar surface area (TPSA) is 12.0 Å². The molecule has 1 heterocycles. The lowest BCUT2D eigenvalue weighted by Crippen LogP contribution is -2.24. The maximum atomic E-state index is 6.09. The predicted octanol–water partition coefficient (Wildman–Crippen LogP) is 5.42. The van der Waals surface area contributed by atoms with Crippen molar-refractivity contribution in [2.75, 3.05) is 6.54 Å².